The average molecular weight is 325 g/mol. The Balaban J connectivity index is 1.91. The van der Waals surface area contributed by atoms with Crippen molar-refractivity contribution in [3.05, 3.63) is 78.1 Å². The first kappa shape index (κ1) is 17.7. The van der Waals surface area contributed by atoms with Gasteiger partial charge in [-0.05, 0) is 36.5 Å². The molecule has 1 aromatic carbocycles. The van der Waals surface area contributed by atoms with E-state index in [2.05, 4.69) is 35.3 Å². The SMILES string of the molecule is NC(=O)N(O)C/C=C/CCCC(c1ccccc1)c1cccnc1. The molecular weight excluding hydrogens is 302 g/mol. The van der Waals surface area contributed by atoms with Gasteiger partial charge in [0.15, 0.2) is 0 Å². The van der Waals surface area contributed by atoms with Crippen LogP contribution in [-0.4, -0.2) is 27.8 Å². The van der Waals surface area contributed by atoms with Crippen LogP contribution in [0.5, 0.6) is 0 Å². The van der Waals surface area contributed by atoms with E-state index >= 15 is 0 Å². The van der Waals surface area contributed by atoms with E-state index in [1.54, 1.807) is 12.3 Å². The Kier molecular flexibility index (Phi) is 6.98. The second-order valence-electron chi connectivity index (χ2n) is 5.57. The Morgan fingerprint density at radius 3 is 2.58 bits per heavy atom. The summed E-state index contributed by atoms with van der Waals surface area (Å²) in [7, 11) is 0. The third-order valence-corrected chi connectivity index (χ3v) is 3.85. The van der Waals surface area contributed by atoms with Gasteiger partial charge in [0, 0.05) is 18.3 Å². The summed E-state index contributed by atoms with van der Waals surface area (Å²) in [4.78, 5) is 14.9. The molecular formula is C19H23N3O2. The van der Waals surface area contributed by atoms with Gasteiger partial charge in [-0.15, -0.1) is 0 Å². The summed E-state index contributed by atoms with van der Waals surface area (Å²) in [5.74, 6) is 0.313. The molecule has 0 saturated carbocycles. The predicted molar refractivity (Wildman–Crippen MR) is 93.6 cm³/mol. The van der Waals surface area contributed by atoms with Crippen LogP contribution < -0.4 is 5.73 Å². The van der Waals surface area contributed by atoms with Gasteiger partial charge in [-0.2, -0.15) is 0 Å². The molecule has 126 valence electrons. The molecule has 5 heteroatoms. The number of primary amides is 1. The lowest BCUT2D eigenvalue weighted by Crippen LogP contribution is -2.32. The van der Waals surface area contributed by atoms with Crippen molar-refractivity contribution in [2.45, 2.75) is 25.2 Å². The number of unbranched alkanes of at least 4 members (excludes halogenated alkanes) is 1. The number of allylic oxidation sites excluding steroid dienone is 1. The normalized spacial score (nSPS) is 12.2. The second-order valence-corrected chi connectivity index (χ2v) is 5.57. The molecule has 0 saturated heterocycles. The summed E-state index contributed by atoms with van der Waals surface area (Å²) < 4.78 is 0. The number of rotatable bonds is 8. The average Bonchev–Trinajstić information content (AvgIpc) is 2.62. The fraction of sp³-hybridized carbons (Fsp3) is 0.263. The number of hydroxylamine groups is 2. The van der Waals surface area contributed by atoms with Crippen molar-refractivity contribution >= 4 is 6.03 Å². The van der Waals surface area contributed by atoms with Crippen molar-refractivity contribution in [1.29, 1.82) is 0 Å². The standard InChI is InChI=1S/C19H23N3O2/c20-19(23)22(24)14-7-2-1-6-12-18(16-9-4-3-5-10-16)17-11-8-13-21-15-17/h2-5,7-11,13,15,18,24H,1,6,12,14H2,(H2,20,23)/b7-2+. The fourth-order valence-corrected chi connectivity index (χ4v) is 2.62. The van der Waals surface area contributed by atoms with Gasteiger partial charge in [0.2, 0.25) is 0 Å². The maximum atomic E-state index is 10.7. The number of hydrogen-bond donors (Lipinski definition) is 2. The van der Waals surface area contributed by atoms with E-state index in [4.69, 9.17) is 10.9 Å². The van der Waals surface area contributed by atoms with E-state index in [1.165, 1.54) is 11.1 Å². The summed E-state index contributed by atoms with van der Waals surface area (Å²) in [6.45, 7) is 0.111. The van der Waals surface area contributed by atoms with Gasteiger partial charge < -0.3 is 5.73 Å². The van der Waals surface area contributed by atoms with E-state index in [1.807, 2.05) is 24.4 Å². The smallest absolute Gasteiger partial charge is 0.338 e. The van der Waals surface area contributed by atoms with Crippen LogP contribution >= 0.6 is 0 Å². The highest BCUT2D eigenvalue weighted by Crippen LogP contribution is 2.29. The van der Waals surface area contributed by atoms with Crippen molar-refractivity contribution in [3.63, 3.8) is 0 Å². The molecule has 2 amide bonds. The predicted octanol–water partition coefficient (Wildman–Crippen LogP) is 3.71. The zero-order valence-corrected chi connectivity index (χ0v) is 13.6. The van der Waals surface area contributed by atoms with Crippen molar-refractivity contribution < 1.29 is 10.0 Å². The minimum Gasteiger partial charge on any atom is -0.350 e. The van der Waals surface area contributed by atoms with E-state index in [0.717, 1.165) is 19.3 Å². The van der Waals surface area contributed by atoms with E-state index in [-0.39, 0.29) is 6.54 Å². The Morgan fingerprint density at radius 1 is 1.17 bits per heavy atom. The minimum atomic E-state index is -0.847. The zero-order chi connectivity index (χ0) is 17.2. The maximum absolute atomic E-state index is 10.7. The van der Waals surface area contributed by atoms with Gasteiger partial charge in [-0.3, -0.25) is 10.2 Å². The highest BCUT2D eigenvalue weighted by Gasteiger charge is 2.13. The fourth-order valence-electron chi connectivity index (χ4n) is 2.62. The van der Waals surface area contributed by atoms with Gasteiger partial charge in [0.05, 0.1) is 6.54 Å². The van der Waals surface area contributed by atoms with Crippen LogP contribution in [0.3, 0.4) is 0 Å². The first-order valence-electron chi connectivity index (χ1n) is 8.04. The molecule has 3 N–H and O–H groups in total. The molecule has 5 nitrogen and oxygen atoms in total. The van der Waals surface area contributed by atoms with Crippen LogP contribution in [0, 0.1) is 0 Å². The van der Waals surface area contributed by atoms with Gasteiger partial charge >= 0.3 is 6.03 Å². The second kappa shape index (κ2) is 9.47. The molecule has 0 aliphatic rings. The molecule has 1 atom stereocenters. The molecule has 0 spiro atoms. The van der Waals surface area contributed by atoms with Gasteiger partial charge in [-0.25, -0.2) is 9.86 Å². The molecule has 1 heterocycles. The quantitative estimate of drug-likeness (QED) is 0.336. The number of nitrogens with zero attached hydrogens (tertiary/aromatic N) is 2. The third-order valence-electron chi connectivity index (χ3n) is 3.85. The summed E-state index contributed by atoms with van der Waals surface area (Å²) in [6.07, 6.45) is 10.3. The van der Waals surface area contributed by atoms with Crippen molar-refractivity contribution in [3.8, 4) is 0 Å². The summed E-state index contributed by atoms with van der Waals surface area (Å²) in [6, 6.07) is 13.6. The largest absolute Gasteiger partial charge is 0.350 e. The number of benzene rings is 1. The van der Waals surface area contributed by atoms with Crippen LogP contribution in [0.4, 0.5) is 4.79 Å². The molecule has 1 unspecified atom stereocenters. The van der Waals surface area contributed by atoms with Crippen molar-refractivity contribution in [1.82, 2.24) is 10.0 Å². The maximum Gasteiger partial charge on any atom is 0.338 e. The number of nitrogens with two attached hydrogens (primary N) is 1. The number of amides is 2. The zero-order valence-electron chi connectivity index (χ0n) is 13.6. The molecule has 24 heavy (non-hydrogen) atoms. The lowest BCUT2D eigenvalue weighted by Gasteiger charge is -2.17. The Labute approximate surface area is 142 Å². The van der Waals surface area contributed by atoms with Gasteiger partial charge in [0.25, 0.3) is 0 Å². The van der Waals surface area contributed by atoms with E-state index < -0.39 is 6.03 Å². The summed E-state index contributed by atoms with van der Waals surface area (Å²) >= 11 is 0. The number of carbonyl (C=O) groups excluding carboxylic acids is 1. The summed E-state index contributed by atoms with van der Waals surface area (Å²) in [5.41, 5.74) is 7.44. The highest BCUT2D eigenvalue weighted by molar-refractivity contribution is 5.70. The highest BCUT2D eigenvalue weighted by atomic mass is 16.5. The van der Waals surface area contributed by atoms with Crippen LogP contribution in [-0.2, 0) is 0 Å². The number of urea groups is 1. The van der Waals surface area contributed by atoms with Crippen LogP contribution in [0.15, 0.2) is 67.0 Å². The molecule has 2 rings (SSSR count). The molecule has 0 fully saturated rings. The minimum absolute atomic E-state index is 0.111. The number of hydrogen-bond acceptors (Lipinski definition) is 3. The first-order valence-corrected chi connectivity index (χ1v) is 8.04. The monoisotopic (exact) mass is 325 g/mol. The van der Waals surface area contributed by atoms with E-state index in [9.17, 15) is 4.79 Å². The topological polar surface area (TPSA) is 79.5 Å². The van der Waals surface area contributed by atoms with E-state index in [0.29, 0.717) is 11.0 Å². The van der Waals surface area contributed by atoms with Crippen LogP contribution in [0.1, 0.15) is 36.3 Å². The van der Waals surface area contributed by atoms with Gasteiger partial charge in [0.1, 0.15) is 0 Å². The lowest BCUT2D eigenvalue weighted by atomic mass is 9.88. The molecule has 2 aromatic rings. The number of pyridine rings is 1. The van der Waals surface area contributed by atoms with Crippen LogP contribution in [0.25, 0.3) is 0 Å². The van der Waals surface area contributed by atoms with Crippen molar-refractivity contribution in [2.24, 2.45) is 5.73 Å². The molecule has 0 radical (unpaired) electrons. The van der Waals surface area contributed by atoms with Gasteiger partial charge in [-0.1, -0.05) is 48.6 Å². The number of carbonyl (C=O) groups is 1. The summed E-state index contributed by atoms with van der Waals surface area (Å²) in [5, 5.41) is 9.65. The van der Waals surface area contributed by atoms with Crippen LogP contribution in [0.2, 0.25) is 0 Å². The van der Waals surface area contributed by atoms with Crippen molar-refractivity contribution in [2.75, 3.05) is 6.54 Å². The molecule has 0 aliphatic carbocycles. The molecule has 1 aromatic heterocycles. The molecule has 0 bridgehead atoms. The Morgan fingerprint density at radius 2 is 1.92 bits per heavy atom. The third kappa shape index (κ3) is 5.52. The lowest BCUT2D eigenvalue weighted by molar-refractivity contribution is -0.0288. The molecule has 0 aliphatic heterocycles. The Bertz CT molecular complexity index is 605. The Hall–Kier alpha value is -2.66. The first-order chi connectivity index (χ1) is 11.7. The number of aromatic nitrogens is 1.